The minimum Gasteiger partial charge on any atom is -0.326 e. The molecule has 0 spiro atoms. The van der Waals surface area contributed by atoms with Crippen LogP contribution >= 0.6 is 0 Å². The SMILES string of the molecule is NCc1ccc(C(=O)OF)cc1CN. The van der Waals surface area contributed by atoms with Crippen molar-refractivity contribution in [2.45, 2.75) is 13.1 Å². The number of halogens is 1. The molecule has 1 rings (SSSR count). The van der Waals surface area contributed by atoms with Crippen LogP contribution in [0.1, 0.15) is 21.5 Å². The molecule has 0 aliphatic carbocycles. The molecule has 0 amide bonds. The highest BCUT2D eigenvalue weighted by atomic mass is 19.3. The zero-order valence-corrected chi connectivity index (χ0v) is 7.50. The highest BCUT2D eigenvalue weighted by Gasteiger charge is 2.09. The first-order valence-electron chi connectivity index (χ1n) is 4.07. The van der Waals surface area contributed by atoms with Gasteiger partial charge in [-0.25, -0.2) is 9.74 Å². The molecule has 0 unspecified atom stereocenters. The summed E-state index contributed by atoms with van der Waals surface area (Å²) < 4.78 is 11.6. The molecule has 76 valence electrons. The summed E-state index contributed by atoms with van der Waals surface area (Å²) >= 11 is 0. The van der Waals surface area contributed by atoms with Crippen LogP contribution in [-0.2, 0) is 18.0 Å². The molecule has 0 saturated heterocycles. The van der Waals surface area contributed by atoms with E-state index in [1.54, 1.807) is 6.07 Å². The minimum absolute atomic E-state index is 0.130. The lowest BCUT2D eigenvalue weighted by Gasteiger charge is -2.06. The third kappa shape index (κ3) is 2.07. The largest absolute Gasteiger partial charge is 0.379 e. The van der Waals surface area contributed by atoms with E-state index in [1.165, 1.54) is 12.1 Å². The zero-order valence-electron chi connectivity index (χ0n) is 7.50. The van der Waals surface area contributed by atoms with Gasteiger partial charge >= 0.3 is 5.97 Å². The molecular formula is C9H11FN2O2. The first kappa shape index (κ1) is 10.6. The molecule has 0 radical (unpaired) electrons. The van der Waals surface area contributed by atoms with Crippen molar-refractivity contribution in [2.24, 2.45) is 11.5 Å². The first-order valence-corrected chi connectivity index (χ1v) is 4.07. The molecule has 5 heteroatoms. The average molecular weight is 198 g/mol. The molecule has 0 aliphatic heterocycles. The third-order valence-corrected chi connectivity index (χ3v) is 1.95. The van der Waals surface area contributed by atoms with E-state index in [9.17, 15) is 9.32 Å². The molecule has 4 N–H and O–H groups in total. The molecule has 1 aromatic carbocycles. The highest BCUT2D eigenvalue weighted by Crippen LogP contribution is 2.12. The van der Waals surface area contributed by atoms with Crippen LogP contribution in [0.4, 0.5) is 4.53 Å². The van der Waals surface area contributed by atoms with Crippen LogP contribution in [0.5, 0.6) is 0 Å². The van der Waals surface area contributed by atoms with Crippen molar-refractivity contribution < 1.29 is 14.3 Å². The smallest absolute Gasteiger partial charge is 0.326 e. The van der Waals surface area contributed by atoms with Crippen molar-refractivity contribution in [1.29, 1.82) is 0 Å². The molecule has 1 aromatic rings. The van der Waals surface area contributed by atoms with Gasteiger partial charge in [-0.2, -0.15) is 0 Å². The topological polar surface area (TPSA) is 78.3 Å². The Bertz CT molecular complexity index is 342. The van der Waals surface area contributed by atoms with Crippen molar-refractivity contribution in [3.8, 4) is 0 Å². The van der Waals surface area contributed by atoms with E-state index in [-0.39, 0.29) is 12.1 Å². The van der Waals surface area contributed by atoms with Crippen LogP contribution in [0.3, 0.4) is 0 Å². The van der Waals surface area contributed by atoms with Gasteiger partial charge in [0.1, 0.15) is 0 Å². The average Bonchev–Trinajstić information content (AvgIpc) is 2.26. The van der Waals surface area contributed by atoms with Gasteiger partial charge in [0.25, 0.3) is 0 Å². The van der Waals surface area contributed by atoms with Gasteiger partial charge in [0, 0.05) is 17.6 Å². The fraction of sp³-hybridized carbons (Fsp3) is 0.222. The highest BCUT2D eigenvalue weighted by molar-refractivity contribution is 5.89. The van der Waals surface area contributed by atoms with Crippen LogP contribution in [0.2, 0.25) is 0 Å². The van der Waals surface area contributed by atoms with Gasteiger partial charge in [0.2, 0.25) is 0 Å². The Labute approximate surface area is 80.5 Å². The van der Waals surface area contributed by atoms with Gasteiger partial charge in [-0.05, 0) is 23.3 Å². The molecule has 4 nitrogen and oxygen atoms in total. The third-order valence-electron chi connectivity index (χ3n) is 1.95. The van der Waals surface area contributed by atoms with E-state index in [1.807, 2.05) is 0 Å². The van der Waals surface area contributed by atoms with E-state index < -0.39 is 5.97 Å². The van der Waals surface area contributed by atoms with E-state index in [4.69, 9.17) is 11.5 Å². The quantitative estimate of drug-likeness (QED) is 0.747. The van der Waals surface area contributed by atoms with E-state index in [0.717, 1.165) is 11.1 Å². The lowest BCUT2D eigenvalue weighted by atomic mass is 10.0. The first-order chi connectivity index (χ1) is 6.72. The second-order valence-corrected chi connectivity index (χ2v) is 2.76. The summed E-state index contributed by atoms with van der Waals surface area (Å²) in [6.07, 6.45) is 0. The number of benzene rings is 1. The monoisotopic (exact) mass is 198 g/mol. The summed E-state index contributed by atoms with van der Waals surface area (Å²) in [5.74, 6) is -1.02. The van der Waals surface area contributed by atoms with Gasteiger partial charge in [0.05, 0.1) is 5.56 Å². The maximum Gasteiger partial charge on any atom is 0.379 e. The number of carbonyl (C=O) groups excluding carboxylic acids is 1. The number of rotatable bonds is 3. The summed E-state index contributed by atoms with van der Waals surface area (Å²) in [7, 11) is 0. The van der Waals surface area contributed by atoms with Crippen LogP contribution < -0.4 is 11.5 Å². The summed E-state index contributed by atoms with van der Waals surface area (Å²) in [6.45, 7) is 0.581. The number of hydrogen-bond donors (Lipinski definition) is 2. The Morgan fingerprint density at radius 3 is 2.43 bits per heavy atom. The summed E-state index contributed by atoms with van der Waals surface area (Å²) in [6, 6.07) is 4.56. The number of nitrogens with two attached hydrogens (primary N) is 2. The molecule has 0 saturated carbocycles. The Morgan fingerprint density at radius 1 is 1.29 bits per heavy atom. The normalized spacial score (nSPS) is 9.93. The van der Waals surface area contributed by atoms with Crippen LogP contribution in [0.15, 0.2) is 18.2 Å². The predicted molar refractivity (Wildman–Crippen MR) is 48.7 cm³/mol. The molecule has 0 atom stereocenters. The predicted octanol–water partition coefficient (Wildman–Crippen LogP) is 0.645. The van der Waals surface area contributed by atoms with Crippen molar-refractivity contribution in [1.82, 2.24) is 0 Å². The van der Waals surface area contributed by atoms with Crippen molar-refractivity contribution in [2.75, 3.05) is 0 Å². The van der Waals surface area contributed by atoms with Crippen LogP contribution in [-0.4, -0.2) is 5.97 Å². The van der Waals surface area contributed by atoms with Crippen LogP contribution in [0.25, 0.3) is 0 Å². The molecule has 0 aliphatic rings. The Balaban J connectivity index is 3.07. The fourth-order valence-corrected chi connectivity index (χ4v) is 1.19. The Morgan fingerprint density at radius 2 is 1.93 bits per heavy atom. The van der Waals surface area contributed by atoms with E-state index in [2.05, 4.69) is 4.94 Å². The second kappa shape index (κ2) is 4.69. The van der Waals surface area contributed by atoms with Gasteiger partial charge in [0.15, 0.2) is 0 Å². The number of carbonyl (C=O) groups is 1. The Hall–Kier alpha value is -1.46. The molecule has 0 fully saturated rings. The van der Waals surface area contributed by atoms with Gasteiger partial charge in [-0.1, -0.05) is 6.07 Å². The Kier molecular flexibility index (Phi) is 3.55. The fourth-order valence-electron chi connectivity index (χ4n) is 1.19. The minimum atomic E-state index is -1.02. The van der Waals surface area contributed by atoms with Gasteiger partial charge in [-0.15, -0.1) is 0 Å². The van der Waals surface area contributed by atoms with Gasteiger partial charge in [-0.3, -0.25) is 0 Å². The zero-order chi connectivity index (χ0) is 10.6. The lowest BCUT2D eigenvalue weighted by molar-refractivity contribution is -0.0788. The van der Waals surface area contributed by atoms with Crippen molar-refractivity contribution in [3.63, 3.8) is 0 Å². The van der Waals surface area contributed by atoms with Crippen molar-refractivity contribution in [3.05, 3.63) is 34.9 Å². The molecule has 14 heavy (non-hydrogen) atoms. The van der Waals surface area contributed by atoms with Gasteiger partial charge < -0.3 is 11.5 Å². The molecular weight excluding hydrogens is 187 g/mol. The molecule has 0 bridgehead atoms. The molecule has 0 heterocycles. The summed E-state index contributed by atoms with van der Waals surface area (Å²) in [5, 5.41) is 0. The second-order valence-electron chi connectivity index (χ2n) is 2.76. The maximum absolute atomic E-state index is 11.6. The van der Waals surface area contributed by atoms with E-state index in [0.29, 0.717) is 6.54 Å². The molecule has 0 aromatic heterocycles. The van der Waals surface area contributed by atoms with Crippen molar-refractivity contribution >= 4 is 5.97 Å². The number of hydrogen-bond acceptors (Lipinski definition) is 4. The summed E-state index contributed by atoms with van der Waals surface area (Å²) in [5.41, 5.74) is 12.6. The van der Waals surface area contributed by atoms with E-state index >= 15 is 0 Å². The lowest BCUT2D eigenvalue weighted by Crippen LogP contribution is -2.08. The summed E-state index contributed by atoms with van der Waals surface area (Å²) in [4.78, 5) is 13.9. The standard InChI is InChI=1S/C9H11FN2O2/c10-14-9(13)6-1-2-7(4-11)8(3-6)5-12/h1-3H,4-5,11-12H2. The maximum atomic E-state index is 11.6. The van der Waals surface area contributed by atoms with Crippen LogP contribution in [0, 0.1) is 0 Å².